The summed E-state index contributed by atoms with van der Waals surface area (Å²) in [5.41, 5.74) is 10.7. The predicted molar refractivity (Wildman–Crippen MR) is 258 cm³/mol. The summed E-state index contributed by atoms with van der Waals surface area (Å²) in [5.74, 6) is 1.52. The second-order valence-corrected chi connectivity index (χ2v) is 16.2. The fourth-order valence-corrected chi connectivity index (χ4v) is 10.0. The average Bonchev–Trinajstić information content (AvgIpc) is 4.09. The molecule has 0 atom stereocenters. The summed E-state index contributed by atoms with van der Waals surface area (Å²) < 4.78 is 8.73. The quantitative estimate of drug-likeness (QED) is 0.173. The summed E-state index contributed by atoms with van der Waals surface area (Å²) in [7, 11) is 0. The third-order valence-electron chi connectivity index (χ3n) is 12.8. The lowest BCUT2D eigenvalue weighted by Gasteiger charge is -2.14. The van der Waals surface area contributed by atoms with E-state index in [9.17, 15) is 0 Å². The molecule has 0 fully saturated rings. The van der Waals surface area contributed by atoms with Crippen molar-refractivity contribution in [3.05, 3.63) is 200 Å². The van der Waals surface area contributed by atoms with Crippen LogP contribution in [0.2, 0.25) is 0 Å². The van der Waals surface area contributed by atoms with Crippen molar-refractivity contribution in [2.75, 3.05) is 0 Å². The molecule has 0 saturated heterocycles. The molecule has 0 radical (unpaired) electrons. The smallest absolute Gasteiger partial charge is 0.241 e. The van der Waals surface area contributed by atoms with Crippen LogP contribution in [0.1, 0.15) is 0 Å². The van der Waals surface area contributed by atoms with Crippen molar-refractivity contribution in [3.8, 4) is 34.9 Å². The van der Waals surface area contributed by atoms with Gasteiger partial charge in [-0.25, -0.2) is 0 Å². The van der Waals surface area contributed by atoms with Crippen LogP contribution >= 0.6 is 0 Å². The molecule has 14 aromatic rings. The summed E-state index contributed by atoms with van der Waals surface area (Å²) in [5, 5.41) is 8.87. The van der Waals surface area contributed by atoms with E-state index in [1.807, 2.05) is 18.5 Å². The van der Waals surface area contributed by atoms with Crippen molar-refractivity contribution in [2.45, 2.75) is 0 Å². The van der Waals surface area contributed by atoms with Crippen molar-refractivity contribution in [1.82, 2.24) is 43.2 Å². The summed E-state index contributed by atoms with van der Waals surface area (Å²) >= 11 is 0. The molecular weight excluding hydrogens is 787 g/mol. The average molecular weight is 820 g/mol. The van der Waals surface area contributed by atoms with Gasteiger partial charge >= 0.3 is 0 Å². The third-order valence-corrected chi connectivity index (χ3v) is 12.8. The Morgan fingerprint density at radius 1 is 0.250 bits per heavy atom. The first kappa shape index (κ1) is 34.7. The zero-order chi connectivity index (χ0) is 41.9. The van der Waals surface area contributed by atoms with Gasteiger partial charge in [0.25, 0.3) is 0 Å². The van der Waals surface area contributed by atoms with Crippen LogP contribution in [-0.2, 0) is 0 Å². The molecule has 7 heterocycles. The molecule has 0 aliphatic heterocycles. The Kier molecular flexibility index (Phi) is 7.20. The maximum absolute atomic E-state index is 5.41. The van der Waals surface area contributed by atoms with Gasteiger partial charge in [-0.05, 0) is 60.7 Å². The topological polar surface area (TPSA) is 84.2 Å². The Morgan fingerprint density at radius 3 is 0.906 bits per heavy atom. The standard InChI is InChI=1S/C55H33N9/c1-2-16-34(17-3-1)61-45-24-10-8-22-39(45)41-30-43(56-32-51(41)61)44-31-42-40-23-9-15-29-50(40)64(52(42)33-57-44)55-59-53(62-46-25-11-4-18-35(46)36-19-5-12-26-47(36)62)58-54(60-55)63-48-27-13-6-20-37(48)38-21-7-14-28-49(38)63/h1-33H. The first-order valence-corrected chi connectivity index (χ1v) is 21.3. The summed E-state index contributed by atoms with van der Waals surface area (Å²) in [4.78, 5) is 26.4. The maximum atomic E-state index is 5.41. The minimum atomic E-state index is 0.484. The van der Waals surface area contributed by atoms with E-state index >= 15 is 0 Å². The number of benzene rings is 7. The highest BCUT2D eigenvalue weighted by atomic mass is 15.3. The number of fused-ring (bicyclic) bond motifs is 12. The van der Waals surface area contributed by atoms with Crippen molar-refractivity contribution in [1.29, 1.82) is 0 Å². The molecule has 9 heteroatoms. The summed E-state index contributed by atoms with van der Waals surface area (Å²) in [6.45, 7) is 0. The minimum absolute atomic E-state index is 0.484. The van der Waals surface area contributed by atoms with Gasteiger partial charge in [0.05, 0.1) is 67.9 Å². The van der Waals surface area contributed by atoms with Crippen LogP contribution in [0, 0.1) is 0 Å². The highest BCUT2D eigenvalue weighted by molar-refractivity contribution is 6.13. The van der Waals surface area contributed by atoms with E-state index in [1.165, 1.54) is 0 Å². The molecule has 298 valence electrons. The lowest BCUT2D eigenvalue weighted by atomic mass is 10.1. The van der Waals surface area contributed by atoms with Crippen molar-refractivity contribution >= 4 is 87.2 Å². The second-order valence-electron chi connectivity index (χ2n) is 16.2. The van der Waals surface area contributed by atoms with Crippen LogP contribution in [0.15, 0.2) is 200 Å². The highest BCUT2D eigenvalue weighted by Crippen LogP contribution is 2.38. The van der Waals surface area contributed by atoms with Crippen LogP contribution in [0.3, 0.4) is 0 Å². The first-order chi connectivity index (χ1) is 31.8. The number of aromatic nitrogens is 9. The van der Waals surface area contributed by atoms with Crippen LogP contribution in [-0.4, -0.2) is 43.2 Å². The first-order valence-electron chi connectivity index (χ1n) is 21.3. The minimum Gasteiger partial charge on any atom is -0.308 e. The van der Waals surface area contributed by atoms with E-state index in [4.69, 9.17) is 24.9 Å². The van der Waals surface area contributed by atoms with Crippen molar-refractivity contribution in [3.63, 3.8) is 0 Å². The number of rotatable bonds is 5. The molecule has 9 nitrogen and oxygen atoms in total. The molecule has 14 rings (SSSR count). The normalized spacial score (nSPS) is 12.1. The zero-order valence-electron chi connectivity index (χ0n) is 34.1. The van der Waals surface area contributed by atoms with Gasteiger partial charge in [0, 0.05) is 48.8 Å². The Labute approximate surface area is 364 Å². The van der Waals surface area contributed by atoms with Gasteiger partial charge in [-0.2, -0.15) is 15.0 Å². The van der Waals surface area contributed by atoms with Gasteiger partial charge in [0.1, 0.15) is 0 Å². The Morgan fingerprint density at radius 2 is 0.531 bits per heavy atom. The van der Waals surface area contributed by atoms with E-state index < -0.39 is 0 Å². The Bertz CT molecular complexity index is 3970. The van der Waals surface area contributed by atoms with Gasteiger partial charge in [0.15, 0.2) is 0 Å². The largest absolute Gasteiger partial charge is 0.308 e. The molecule has 0 spiro atoms. The van der Waals surface area contributed by atoms with Gasteiger partial charge < -0.3 is 4.57 Å². The monoisotopic (exact) mass is 819 g/mol. The maximum Gasteiger partial charge on any atom is 0.241 e. The Hall–Kier alpha value is -8.95. The zero-order valence-corrected chi connectivity index (χ0v) is 34.1. The number of para-hydroxylation sites is 7. The molecule has 0 amide bonds. The molecule has 0 bridgehead atoms. The van der Waals surface area contributed by atoms with Gasteiger partial charge in [-0.15, -0.1) is 0 Å². The van der Waals surface area contributed by atoms with E-state index in [2.05, 4.69) is 200 Å². The third kappa shape index (κ3) is 4.91. The fourth-order valence-electron chi connectivity index (χ4n) is 10.0. The number of pyridine rings is 2. The van der Waals surface area contributed by atoms with E-state index in [0.29, 0.717) is 17.8 Å². The summed E-state index contributed by atoms with van der Waals surface area (Å²) in [6.07, 6.45) is 3.91. The van der Waals surface area contributed by atoms with E-state index in [-0.39, 0.29) is 0 Å². The lowest BCUT2D eigenvalue weighted by molar-refractivity contribution is 0.847. The Balaban J connectivity index is 1.02. The molecule has 0 aliphatic rings. The molecule has 7 aromatic carbocycles. The van der Waals surface area contributed by atoms with Gasteiger partial charge in [-0.1, -0.05) is 127 Å². The van der Waals surface area contributed by atoms with Crippen LogP contribution in [0.25, 0.3) is 122 Å². The van der Waals surface area contributed by atoms with Crippen molar-refractivity contribution in [2.24, 2.45) is 0 Å². The molecule has 0 aliphatic carbocycles. The van der Waals surface area contributed by atoms with Crippen LogP contribution in [0.4, 0.5) is 0 Å². The lowest BCUT2D eigenvalue weighted by Crippen LogP contribution is -2.13. The molecular formula is C55H33N9. The van der Waals surface area contributed by atoms with Gasteiger partial charge in [-0.3, -0.25) is 23.7 Å². The molecule has 0 unspecified atom stereocenters. The number of hydrogen-bond acceptors (Lipinski definition) is 5. The van der Waals surface area contributed by atoms with Crippen LogP contribution < -0.4 is 0 Å². The SMILES string of the molecule is c1ccc(-n2c3ccccc3c3cc(-c4cc5c6ccccc6n(-c6nc(-n7c8ccccc8c8ccccc87)nc(-n7c8ccccc8c8ccccc87)n6)c5cn4)ncc32)cc1. The highest BCUT2D eigenvalue weighted by Gasteiger charge is 2.23. The van der Waals surface area contributed by atoms with Crippen LogP contribution in [0.5, 0.6) is 0 Å². The van der Waals surface area contributed by atoms with Crippen molar-refractivity contribution < 1.29 is 0 Å². The van der Waals surface area contributed by atoms with E-state index in [1.54, 1.807) is 0 Å². The molecule has 7 aromatic heterocycles. The van der Waals surface area contributed by atoms with Gasteiger partial charge in [0.2, 0.25) is 17.8 Å². The molecule has 0 N–H and O–H groups in total. The number of hydrogen-bond donors (Lipinski definition) is 0. The predicted octanol–water partition coefficient (Wildman–Crippen LogP) is 12.7. The summed E-state index contributed by atoms with van der Waals surface area (Å²) in [6, 6.07) is 65.5. The number of nitrogens with zero attached hydrogens (tertiary/aromatic N) is 9. The molecule has 0 saturated carbocycles. The molecule has 64 heavy (non-hydrogen) atoms. The second kappa shape index (κ2) is 13.3. The van der Waals surface area contributed by atoms with E-state index in [0.717, 1.165) is 104 Å². The fraction of sp³-hybridized carbons (Fsp3) is 0.